The lowest BCUT2D eigenvalue weighted by Gasteiger charge is -2.31. The monoisotopic (exact) mass is 349 g/mol. The Morgan fingerprint density at radius 1 is 1.35 bits per heavy atom. The summed E-state index contributed by atoms with van der Waals surface area (Å²) < 4.78 is 6.69. The van der Waals surface area contributed by atoms with Gasteiger partial charge in [0.05, 0.1) is 29.0 Å². The third-order valence-corrected chi connectivity index (χ3v) is 5.31. The molecule has 1 N–H and O–H groups in total. The Hall–Kier alpha value is -3.06. The summed E-state index contributed by atoms with van der Waals surface area (Å²) in [5, 5.41) is 11.7. The van der Waals surface area contributed by atoms with Crippen molar-refractivity contribution in [2.24, 2.45) is 0 Å². The lowest BCUT2D eigenvalue weighted by Crippen LogP contribution is -2.44. The normalized spacial score (nSPS) is 20.5. The van der Waals surface area contributed by atoms with Gasteiger partial charge >= 0.3 is 5.97 Å². The topological polar surface area (TPSA) is 94.3 Å². The molecule has 2 aliphatic heterocycles. The summed E-state index contributed by atoms with van der Waals surface area (Å²) in [4.78, 5) is 33.9. The number of cyclic esters (lactones) is 1. The van der Waals surface area contributed by atoms with E-state index in [2.05, 4.69) is 9.97 Å². The first-order valence-electron chi connectivity index (χ1n) is 8.43. The highest BCUT2D eigenvalue weighted by Gasteiger charge is 2.45. The van der Waals surface area contributed by atoms with E-state index in [4.69, 9.17) is 4.74 Å². The molecule has 0 bridgehead atoms. The van der Waals surface area contributed by atoms with Crippen LogP contribution in [-0.2, 0) is 28.3 Å². The van der Waals surface area contributed by atoms with Crippen molar-refractivity contribution in [1.29, 1.82) is 0 Å². The van der Waals surface area contributed by atoms with Crippen LogP contribution in [0.25, 0.3) is 22.3 Å². The van der Waals surface area contributed by atoms with Crippen LogP contribution in [0.3, 0.4) is 0 Å². The Labute approximate surface area is 147 Å². The predicted octanol–water partition coefficient (Wildman–Crippen LogP) is 1.47. The summed E-state index contributed by atoms with van der Waals surface area (Å²) in [5.74, 6) is -0.715. The van der Waals surface area contributed by atoms with Gasteiger partial charge in [0.25, 0.3) is 5.56 Å². The largest absolute Gasteiger partial charge is 0.458 e. The number of carbonyl (C=O) groups excluding carboxylic acids is 1. The summed E-state index contributed by atoms with van der Waals surface area (Å²) in [7, 11) is 0. The molecular weight excluding hydrogens is 334 g/mol. The average molecular weight is 349 g/mol. The first-order valence-corrected chi connectivity index (χ1v) is 8.43. The van der Waals surface area contributed by atoms with Crippen LogP contribution in [0, 0.1) is 0 Å². The molecular formula is C19H15N3O4. The maximum atomic E-state index is 13.0. The van der Waals surface area contributed by atoms with Crippen LogP contribution in [-0.4, -0.2) is 25.6 Å². The average Bonchev–Trinajstić information content (AvgIpc) is 3.01. The molecule has 7 heteroatoms. The van der Waals surface area contributed by atoms with E-state index >= 15 is 0 Å². The van der Waals surface area contributed by atoms with E-state index < -0.39 is 11.6 Å². The van der Waals surface area contributed by atoms with Gasteiger partial charge in [-0.15, -0.1) is 0 Å². The fourth-order valence-corrected chi connectivity index (χ4v) is 3.83. The summed E-state index contributed by atoms with van der Waals surface area (Å²) in [6.45, 7) is 1.96. The van der Waals surface area contributed by atoms with Crippen molar-refractivity contribution in [3.8, 4) is 11.4 Å². The molecule has 3 aromatic rings. The molecule has 5 heterocycles. The molecule has 0 fully saturated rings. The van der Waals surface area contributed by atoms with Gasteiger partial charge in [0.2, 0.25) is 0 Å². The molecule has 0 unspecified atom stereocenters. The van der Waals surface area contributed by atoms with Crippen LogP contribution in [0.15, 0.2) is 35.4 Å². The molecule has 0 saturated heterocycles. The Kier molecular flexibility index (Phi) is 2.92. The van der Waals surface area contributed by atoms with Crippen molar-refractivity contribution in [2.75, 3.05) is 0 Å². The summed E-state index contributed by atoms with van der Waals surface area (Å²) in [6, 6.07) is 5.50. The van der Waals surface area contributed by atoms with Crippen LogP contribution in [0.1, 0.15) is 30.0 Å². The molecule has 0 aromatic carbocycles. The second-order valence-electron chi connectivity index (χ2n) is 6.67. The number of nitrogens with zero attached hydrogens (tertiary/aromatic N) is 3. The molecule has 0 saturated carbocycles. The highest BCUT2D eigenvalue weighted by molar-refractivity contribution is 5.85. The first kappa shape index (κ1) is 15.2. The number of aromatic nitrogens is 3. The minimum absolute atomic E-state index is 0.120. The fraction of sp³-hybridized carbons (Fsp3) is 0.263. The smallest absolute Gasteiger partial charge is 0.343 e. The lowest BCUT2D eigenvalue weighted by atomic mass is 9.86. The molecule has 3 aromatic heterocycles. The number of aliphatic hydroxyl groups is 1. The van der Waals surface area contributed by atoms with Crippen molar-refractivity contribution in [2.45, 2.75) is 32.1 Å². The molecule has 1 atom stereocenters. The third-order valence-electron chi connectivity index (χ3n) is 5.31. The Morgan fingerprint density at radius 3 is 3.00 bits per heavy atom. The Morgan fingerprint density at radius 2 is 2.19 bits per heavy atom. The van der Waals surface area contributed by atoms with E-state index in [0.29, 0.717) is 29.1 Å². The second-order valence-corrected chi connectivity index (χ2v) is 6.67. The van der Waals surface area contributed by atoms with Gasteiger partial charge in [-0.2, -0.15) is 0 Å². The maximum absolute atomic E-state index is 13.0. The summed E-state index contributed by atoms with van der Waals surface area (Å²) in [5.41, 5.74) is 1.61. The molecule has 130 valence electrons. The van der Waals surface area contributed by atoms with E-state index in [9.17, 15) is 14.7 Å². The number of rotatable bonds is 1. The molecule has 0 aliphatic carbocycles. The van der Waals surface area contributed by atoms with Crippen molar-refractivity contribution >= 4 is 16.9 Å². The zero-order chi connectivity index (χ0) is 18.1. The summed E-state index contributed by atoms with van der Waals surface area (Å²) >= 11 is 0. The van der Waals surface area contributed by atoms with Gasteiger partial charge in [-0.1, -0.05) is 6.92 Å². The first-order chi connectivity index (χ1) is 12.5. The van der Waals surface area contributed by atoms with Crippen molar-refractivity contribution in [3.05, 3.63) is 57.6 Å². The molecule has 0 spiro atoms. The van der Waals surface area contributed by atoms with Gasteiger partial charge < -0.3 is 14.4 Å². The van der Waals surface area contributed by atoms with Crippen LogP contribution in [0.2, 0.25) is 0 Å². The predicted molar refractivity (Wildman–Crippen MR) is 92.3 cm³/mol. The SMILES string of the molecule is CC[C@@]1(O)C(=O)OCc2c1cc1n(c2=O)Cc2cc3cnccc3nc2-1. The van der Waals surface area contributed by atoms with Crippen LogP contribution >= 0.6 is 0 Å². The summed E-state index contributed by atoms with van der Waals surface area (Å²) in [6.07, 6.45) is 3.54. The van der Waals surface area contributed by atoms with Crippen LogP contribution in [0.4, 0.5) is 0 Å². The van der Waals surface area contributed by atoms with E-state index in [1.54, 1.807) is 30.0 Å². The van der Waals surface area contributed by atoms with Gasteiger partial charge in [0, 0.05) is 28.9 Å². The number of carbonyl (C=O) groups is 1. The zero-order valence-corrected chi connectivity index (χ0v) is 14.0. The van der Waals surface area contributed by atoms with E-state index in [-0.39, 0.29) is 18.6 Å². The number of esters is 1. The Bertz CT molecular complexity index is 1170. The van der Waals surface area contributed by atoms with E-state index in [0.717, 1.165) is 16.5 Å². The van der Waals surface area contributed by atoms with Crippen molar-refractivity contribution in [3.63, 3.8) is 0 Å². The quantitative estimate of drug-likeness (QED) is 0.523. The number of pyridine rings is 3. The molecule has 0 radical (unpaired) electrons. The van der Waals surface area contributed by atoms with Crippen molar-refractivity contribution < 1.29 is 14.6 Å². The number of hydrogen-bond acceptors (Lipinski definition) is 6. The van der Waals surface area contributed by atoms with Gasteiger partial charge in [-0.25, -0.2) is 9.78 Å². The molecule has 0 amide bonds. The van der Waals surface area contributed by atoms with Gasteiger partial charge in [0.1, 0.15) is 6.61 Å². The minimum Gasteiger partial charge on any atom is -0.458 e. The van der Waals surface area contributed by atoms with Gasteiger partial charge in [-0.3, -0.25) is 9.78 Å². The molecule has 5 rings (SSSR count). The molecule has 2 aliphatic rings. The molecule has 7 nitrogen and oxygen atoms in total. The second kappa shape index (κ2) is 4.98. The maximum Gasteiger partial charge on any atom is 0.343 e. The molecule has 26 heavy (non-hydrogen) atoms. The van der Waals surface area contributed by atoms with Crippen molar-refractivity contribution in [1.82, 2.24) is 14.5 Å². The minimum atomic E-state index is -1.80. The third kappa shape index (κ3) is 1.80. The van der Waals surface area contributed by atoms with E-state index in [1.807, 2.05) is 12.1 Å². The van der Waals surface area contributed by atoms with E-state index in [1.165, 1.54) is 0 Å². The number of hydrogen-bond donors (Lipinski definition) is 1. The lowest BCUT2D eigenvalue weighted by molar-refractivity contribution is -0.172. The number of ether oxygens (including phenoxy) is 1. The zero-order valence-electron chi connectivity index (χ0n) is 14.0. The van der Waals surface area contributed by atoms with Gasteiger partial charge in [0.15, 0.2) is 5.60 Å². The highest BCUT2D eigenvalue weighted by Crippen LogP contribution is 2.38. The van der Waals surface area contributed by atoms with Gasteiger partial charge in [-0.05, 0) is 24.6 Å². The standard InChI is InChI=1S/C19H15N3O4/c1-2-19(25)13-6-15-16-11(5-10-7-20-4-3-14(10)21-16)8-22(15)17(23)12(13)9-26-18(19)24/h3-7,25H,2,8-9H2,1H3/t19-/m0/s1. The van der Waals surface area contributed by atoms with Crippen LogP contribution in [0.5, 0.6) is 0 Å². The fourth-order valence-electron chi connectivity index (χ4n) is 3.83. The van der Waals surface area contributed by atoms with Crippen LogP contribution < -0.4 is 5.56 Å². The number of fused-ring (bicyclic) bond motifs is 5. The highest BCUT2D eigenvalue weighted by atomic mass is 16.6. The Balaban J connectivity index is 1.81.